The third kappa shape index (κ3) is 9.57. The molecule has 0 saturated carbocycles. The van der Waals surface area contributed by atoms with Gasteiger partial charge in [0, 0.05) is 18.5 Å². The maximum atomic E-state index is 14.2. The molecule has 0 bridgehead atoms. The number of amides is 3. The standard InChI is InChI=1S/C30H41N3O5/c1-9-17-33(25(26(35)32-29(3,4)5)22-12-10-11-20(2)18-22)27(36)24(31-28(37)38-30(6,7)8)19-21-13-15-23(34)16-14-21/h9-16,18,24-25,34H,1,17,19H2,2-8H3,(H,31,37)(H,32,35). The summed E-state index contributed by atoms with van der Waals surface area (Å²) in [5.74, 6) is -0.735. The Hall–Kier alpha value is -3.81. The zero-order valence-electron chi connectivity index (χ0n) is 23.5. The quantitative estimate of drug-likeness (QED) is 0.409. The van der Waals surface area contributed by atoms with E-state index in [1.807, 2.05) is 45.9 Å². The fourth-order valence-electron chi connectivity index (χ4n) is 3.93. The lowest BCUT2D eigenvalue weighted by molar-refractivity contribution is -0.142. The summed E-state index contributed by atoms with van der Waals surface area (Å²) >= 11 is 0. The monoisotopic (exact) mass is 523 g/mol. The number of nitrogens with zero attached hydrogens (tertiary/aromatic N) is 1. The van der Waals surface area contributed by atoms with E-state index in [-0.39, 0.29) is 24.6 Å². The van der Waals surface area contributed by atoms with Gasteiger partial charge in [-0.05, 0) is 71.7 Å². The first-order valence-electron chi connectivity index (χ1n) is 12.7. The summed E-state index contributed by atoms with van der Waals surface area (Å²) in [6.45, 7) is 16.6. The average molecular weight is 524 g/mol. The zero-order chi connectivity index (χ0) is 28.7. The van der Waals surface area contributed by atoms with Crippen molar-refractivity contribution in [2.24, 2.45) is 0 Å². The van der Waals surface area contributed by atoms with E-state index in [1.165, 1.54) is 17.0 Å². The van der Waals surface area contributed by atoms with Crippen LogP contribution < -0.4 is 10.6 Å². The van der Waals surface area contributed by atoms with Crippen molar-refractivity contribution in [1.29, 1.82) is 0 Å². The molecule has 3 N–H and O–H groups in total. The molecule has 2 aromatic carbocycles. The third-order valence-corrected chi connectivity index (χ3v) is 5.39. The van der Waals surface area contributed by atoms with Gasteiger partial charge in [0.05, 0.1) is 0 Å². The molecule has 206 valence electrons. The van der Waals surface area contributed by atoms with Crippen LogP contribution in [0, 0.1) is 6.92 Å². The molecule has 0 aliphatic heterocycles. The van der Waals surface area contributed by atoms with Crippen molar-refractivity contribution < 1.29 is 24.2 Å². The van der Waals surface area contributed by atoms with Gasteiger partial charge in [0.25, 0.3) is 0 Å². The lowest BCUT2D eigenvalue weighted by atomic mass is 9.98. The Morgan fingerprint density at radius 1 is 1.05 bits per heavy atom. The molecule has 0 aliphatic rings. The van der Waals surface area contributed by atoms with Crippen molar-refractivity contribution in [3.05, 3.63) is 77.9 Å². The summed E-state index contributed by atoms with van der Waals surface area (Å²) < 4.78 is 5.43. The first kappa shape index (κ1) is 30.4. The summed E-state index contributed by atoms with van der Waals surface area (Å²) in [7, 11) is 0. The second-order valence-corrected chi connectivity index (χ2v) is 11.4. The second-order valence-electron chi connectivity index (χ2n) is 11.4. The fourth-order valence-corrected chi connectivity index (χ4v) is 3.93. The molecule has 8 heteroatoms. The van der Waals surface area contributed by atoms with Crippen LogP contribution in [0.15, 0.2) is 61.2 Å². The molecule has 2 unspecified atom stereocenters. The number of phenolic OH excluding ortho intramolecular Hbond substituents is 1. The van der Waals surface area contributed by atoms with Gasteiger partial charge in [-0.1, -0.05) is 48.0 Å². The van der Waals surface area contributed by atoms with Crippen LogP contribution in [0.3, 0.4) is 0 Å². The third-order valence-electron chi connectivity index (χ3n) is 5.39. The van der Waals surface area contributed by atoms with Crippen LogP contribution in [0.1, 0.15) is 64.3 Å². The van der Waals surface area contributed by atoms with Gasteiger partial charge in [-0.3, -0.25) is 9.59 Å². The maximum absolute atomic E-state index is 14.2. The van der Waals surface area contributed by atoms with E-state index < -0.39 is 35.2 Å². The van der Waals surface area contributed by atoms with Gasteiger partial charge in [0.2, 0.25) is 11.8 Å². The van der Waals surface area contributed by atoms with E-state index in [4.69, 9.17) is 4.74 Å². The number of carbonyl (C=O) groups is 3. The summed E-state index contributed by atoms with van der Waals surface area (Å²) in [6.07, 6.45) is 0.920. The number of ether oxygens (including phenoxy) is 1. The van der Waals surface area contributed by atoms with Gasteiger partial charge in [0.1, 0.15) is 23.4 Å². The summed E-state index contributed by atoms with van der Waals surface area (Å²) in [4.78, 5) is 42.0. The van der Waals surface area contributed by atoms with E-state index in [0.29, 0.717) is 11.1 Å². The number of alkyl carbamates (subject to hydrolysis) is 1. The van der Waals surface area contributed by atoms with E-state index in [2.05, 4.69) is 17.2 Å². The predicted molar refractivity (Wildman–Crippen MR) is 149 cm³/mol. The van der Waals surface area contributed by atoms with Crippen LogP contribution in [-0.2, 0) is 20.7 Å². The Morgan fingerprint density at radius 2 is 1.68 bits per heavy atom. The van der Waals surface area contributed by atoms with Crippen LogP contribution in [0.25, 0.3) is 0 Å². The molecule has 2 rings (SSSR count). The van der Waals surface area contributed by atoms with Crippen molar-refractivity contribution in [3.8, 4) is 5.75 Å². The highest BCUT2D eigenvalue weighted by molar-refractivity contribution is 5.92. The molecule has 8 nitrogen and oxygen atoms in total. The van der Waals surface area contributed by atoms with E-state index >= 15 is 0 Å². The topological polar surface area (TPSA) is 108 Å². The highest BCUT2D eigenvalue weighted by Crippen LogP contribution is 2.25. The lowest BCUT2D eigenvalue weighted by Gasteiger charge is -2.35. The van der Waals surface area contributed by atoms with Gasteiger partial charge >= 0.3 is 6.09 Å². The Labute approximate surface area is 226 Å². The van der Waals surface area contributed by atoms with Crippen LogP contribution in [-0.4, -0.2) is 51.6 Å². The molecule has 3 amide bonds. The molecule has 38 heavy (non-hydrogen) atoms. The Morgan fingerprint density at radius 3 is 2.21 bits per heavy atom. The van der Waals surface area contributed by atoms with E-state index in [0.717, 1.165) is 5.56 Å². The van der Waals surface area contributed by atoms with Crippen molar-refractivity contribution >= 4 is 17.9 Å². The molecule has 0 fully saturated rings. The molecule has 0 aliphatic carbocycles. The predicted octanol–water partition coefficient (Wildman–Crippen LogP) is 4.81. The van der Waals surface area contributed by atoms with E-state index in [9.17, 15) is 19.5 Å². The molecule has 2 aromatic rings. The number of carbonyl (C=O) groups excluding carboxylic acids is 3. The SMILES string of the molecule is C=CCN(C(=O)C(Cc1ccc(O)cc1)NC(=O)OC(C)(C)C)C(C(=O)NC(C)(C)C)c1cccc(C)c1. The molecule has 0 aromatic heterocycles. The average Bonchev–Trinajstić information content (AvgIpc) is 2.77. The number of aryl methyl sites for hydroxylation is 1. The highest BCUT2D eigenvalue weighted by Gasteiger charge is 2.37. The smallest absolute Gasteiger partial charge is 0.408 e. The number of hydrogen-bond donors (Lipinski definition) is 3. The molecular weight excluding hydrogens is 482 g/mol. The minimum absolute atomic E-state index is 0.0665. The normalized spacial score (nSPS) is 13.1. The maximum Gasteiger partial charge on any atom is 0.408 e. The zero-order valence-corrected chi connectivity index (χ0v) is 23.5. The fraction of sp³-hybridized carbons (Fsp3) is 0.433. The molecule has 0 spiro atoms. The van der Waals surface area contributed by atoms with Crippen molar-refractivity contribution in [2.45, 2.75) is 78.1 Å². The van der Waals surface area contributed by atoms with E-state index in [1.54, 1.807) is 45.0 Å². The number of hydrogen-bond acceptors (Lipinski definition) is 5. The first-order chi connectivity index (χ1) is 17.6. The van der Waals surface area contributed by atoms with Crippen LogP contribution in [0.2, 0.25) is 0 Å². The lowest BCUT2D eigenvalue weighted by Crippen LogP contribution is -2.55. The van der Waals surface area contributed by atoms with Crippen LogP contribution >= 0.6 is 0 Å². The number of phenols is 1. The summed E-state index contributed by atoms with van der Waals surface area (Å²) in [5.41, 5.74) is 0.981. The minimum atomic E-state index is -1.05. The van der Waals surface area contributed by atoms with Gasteiger partial charge in [-0.25, -0.2) is 4.79 Å². The molecule has 2 atom stereocenters. The highest BCUT2D eigenvalue weighted by atomic mass is 16.6. The number of benzene rings is 2. The van der Waals surface area contributed by atoms with Gasteiger partial charge in [0.15, 0.2) is 0 Å². The molecule has 0 heterocycles. The van der Waals surface area contributed by atoms with Gasteiger partial charge in [-0.15, -0.1) is 6.58 Å². The molecule has 0 saturated heterocycles. The first-order valence-corrected chi connectivity index (χ1v) is 12.7. The Balaban J connectivity index is 2.55. The van der Waals surface area contributed by atoms with Crippen LogP contribution in [0.5, 0.6) is 5.75 Å². The van der Waals surface area contributed by atoms with Crippen molar-refractivity contribution in [2.75, 3.05) is 6.54 Å². The summed E-state index contributed by atoms with van der Waals surface area (Å²) in [5, 5.41) is 15.4. The minimum Gasteiger partial charge on any atom is -0.508 e. The number of rotatable bonds is 9. The number of nitrogens with one attached hydrogen (secondary N) is 2. The van der Waals surface area contributed by atoms with Crippen molar-refractivity contribution in [3.63, 3.8) is 0 Å². The van der Waals surface area contributed by atoms with Gasteiger partial charge in [-0.2, -0.15) is 0 Å². The largest absolute Gasteiger partial charge is 0.508 e. The Kier molecular flexibility index (Phi) is 10.1. The van der Waals surface area contributed by atoms with Gasteiger partial charge < -0.3 is 25.4 Å². The molecular formula is C30H41N3O5. The number of aromatic hydroxyl groups is 1. The van der Waals surface area contributed by atoms with Crippen LogP contribution in [0.4, 0.5) is 4.79 Å². The van der Waals surface area contributed by atoms with Crippen molar-refractivity contribution in [1.82, 2.24) is 15.5 Å². The second kappa shape index (κ2) is 12.6. The molecule has 0 radical (unpaired) electrons. The Bertz CT molecular complexity index is 1130. The summed E-state index contributed by atoms with van der Waals surface area (Å²) in [6, 6.07) is 11.8.